The molecule has 0 amide bonds. The van der Waals surface area contributed by atoms with Gasteiger partial charge in [0.2, 0.25) is 0 Å². The molecule has 3 heterocycles. The van der Waals surface area contributed by atoms with Gasteiger partial charge in [0.1, 0.15) is 16.4 Å². The summed E-state index contributed by atoms with van der Waals surface area (Å²) >= 11 is 1.16. The summed E-state index contributed by atoms with van der Waals surface area (Å²) in [6.07, 6.45) is 3.19. The van der Waals surface area contributed by atoms with Crippen molar-refractivity contribution in [1.82, 2.24) is 24.5 Å². The van der Waals surface area contributed by atoms with E-state index in [0.29, 0.717) is 17.2 Å². The molecular formula is C25H22FN5O3S2. The van der Waals surface area contributed by atoms with Crippen molar-refractivity contribution < 1.29 is 17.5 Å². The number of aromatic nitrogens is 4. The number of hydrogen-bond acceptors (Lipinski definition) is 7. The number of hydrogen-bond donors (Lipinski definition) is 1. The van der Waals surface area contributed by atoms with E-state index in [9.17, 15) is 12.8 Å². The first-order valence-corrected chi connectivity index (χ1v) is 13.2. The average Bonchev–Trinajstić information content (AvgIpc) is 3.58. The quantitative estimate of drug-likeness (QED) is 0.313. The van der Waals surface area contributed by atoms with Gasteiger partial charge in [-0.3, -0.25) is 5.10 Å². The van der Waals surface area contributed by atoms with Crippen molar-refractivity contribution in [3.63, 3.8) is 0 Å². The van der Waals surface area contributed by atoms with Gasteiger partial charge in [-0.15, -0.1) is 11.3 Å². The highest BCUT2D eigenvalue weighted by Crippen LogP contribution is 2.37. The minimum atomic E-state index is -3.65. The Morgan fingerprint density at radius 3 is 2.61 bits per heavy atom. The molecule has 36 heavy (non-hydrogen) atoms. The lowest BCUT2D eigenvalue weighted by molar-refractivity contribution is 0.185. The van der Waals surface area contributed by atoms with Crippen LogP contribution in [0, 0.1) is 5.82 Å². The van der Waals surface area contributed by atoms with E-state index < -0.39 is 10.0 Å². The lowest BCUT2D eigenvalue weighted by Gasteiger charge is -2.15. The molecule has 2 aromatic carbocycles. The van der Waals surface area contributed by atoms with Crippen LogP contribution in [0.4, 0.5) is 4.39 Å². The van der Waals surface area contributed by atoms with Crippen molar-refractivity contribution in [2.75, 3.05) is 27.3 Å². The molecule has 0 fully saturated rings. The lowest BCUT2D eigenvalue weighted by atomic mass is 9.99. The van der Waals surface area contributed by atoms with Crippen LogP contribution in [0.1, 0.15) is 0 Å². The van der Waals surface area contributed by atoms with E-state index in [4.69, 9.17) is 4.74 Å². The van der Waals surface area contributed by atoms with Gasteiger partial charge < -0.3 is 4.74 Å². The summed E-state index contributed by atoms with van der Waals surface area (Å²) in [5.74, 6) is -0.311. The number of halogens is 1. The minimum absolute atomic E-state index is 0.229. The van der Waals surface area contributed by atoms with E-state index in [1.54, 1.807) is 30.5 Å². The maximum atomic E-state index is 13.4. The Bertz CT molecular complexity index is 1630. The predicted octanol–water partition coefficient (Wildman–Crippen LogP) is 4.82. The van der Waals surface area contributed by atoms with E-state index >= 15 is 0 Å². The second-order valence-corrected chi connectivity index (χ2v) is 11.4. The maximum absolute atomic E-state index is 13.4. The normalized spacial score (nSPS) is 12.0. The van der Waals surface area contributed by atoms with Crippen molar-refractivity contribution in [3.05, 3.63) is 72.9 Å². The van der Waals surface area contributed by atoms with E-state index in [2.05, 4.69) is 20.2 Å². The number of aromatic amines is 1. The summed E-state index contributed by atoms with van der Waals surface area (Å²) in [5, 5.41) is 7.97. The van der Waals surface area contributed by atoms with E-state index in [1.807, 2.05) is 18.2 Å². The van der Waals surface area contributed by atoms with Crippen molar-refractivity contribution >= 4 is 32.3 Å². The van der Waals surface area contributed by atoms with Gasteiger partial charge in [-0.25, -0.2) is 22.8 Å². The monoisotopic (exact) mass is 523 g/mol. The summed E-state index contributed by atoms with van der Waals surface area (Å²) in [4.78, 5) is 9.58. The molecule has 0 radical (unpaired) electrons. The van der Waals surface area contributed by atoms with Crippen LogP contribution in [0.15, 0.2) is 71.3 Å². The first-order valence-electron chi connectivity index (χ1n) is 11.0. The Labute approximate surface area is 211 Å². The molecule has 184 valence electrons. The van der Waals surface area contributed by atoms with Gasteiger partial charge in [-0.1, -0.05) is 6.07 Å². The van der Waals surface area contributed by atoms with E-state index in [-0.39, 0.29) is 16.6 Å². The number of fused-ring (bicyclic) bond motifs is 1. The van der Waals surface area contributed by atoms with Gasteiger partial charge in [0, 0.05) is 37.2 Å². The standard InChI is InChI=1S/C25H22FN5O3S2/c1-31(11-12-34-2)36(32,33)23-10-9-22(35-23)25-19-13-17(5-8-21(19)27-15-28-25)20-14-29-30-24(20)16-3-6-18(26)7-4-16/h3-10,13-15H,11-12H2,1-2H3,(H,29,30). The number of nitrogens with one attached hydrogen (secondary N) is 1. The molecule has 0 unspecified atom stereocenters. The summed E-state index contributed by atoms with van der Waals surface area (Å²) in [5.41, 5.74) is 4.64. The zero-order valence-electron chi connectivity index (χ0n) is 19.5. The van der Waals surface area contributed by atoms with Crippen molar-refractivity contribution in [3.8, 4) is 33.0 Å². The fourth-order valence-electron chi connectivity index (χ4n) is 3.84. The van der Waals surface area contributed by atoms with Crippen LogP contribution in [-0.2, 0) is 14.8 Å². The molecule has 0 aliphatic heterocycles. The molecule has 0 aliphatic carbocycles. The number of rotatable bonds is 8. The highest BCUT2D eigenvalue weighted by atomic mass is 32.2. The molecule has 0 aliphatic rings. The van der Waals surface area contributed by atoms with Crippen molar-refractivity contribution in [2.45, 2.75) is 4.21 Å². The lowest BCUT2D eigenvalue weighted by Crippen LogP contribution is -2.29. The van der Waals surface area contributed by atoms with Gasteiger partial charge in [0.15, 0.2) is 0 Å². The highest BCUT2D eigenvalue weighted by Gasteiger charge is 2.23. The average molecular weight is 524 g/mol. The second kappa shape index (κ2) is 9.86. The Hall–Kier alpha value is -3.51. The molecule has 0 atom stereocenters. The van der Waals surface area contributed by atoms with Gasteiger partial charge in [0.05, 0.1) is 34.6 Å². The summed E-state index contributed by atoms with van der Waals surface area (Å²) < 4.78 is 45.9. The third-order valence-corrected chi connectivity index (χ3v) is 9.22. The molecule has 0 spiro atoms. The summed E-state index contributed by atoms with van der Waals surface area (Å²) in [7, 11) is -0.582. The van der Waals surface area contributed by atoms with Crippen molar-refractivity contribution in [2.24, 2.45) is 0 Å². The SMILES string of the molecule is COCCN(C)S(=O)(=O)c1ccc(-c2ncnc3ccc(-c4cn[nH]c4-c4ccc(F)cc4)cc23)s1. The zero-order valence-corrected chi connectivity index (χ0v) is 21.1. The van der Waals surface area contributed by atoms with Crippen LogP contribution in [0.2, 0.25) is 0 Å². The smallest absolute Gasteiger partial charge is 0.252 e. The topological polar surface area (TPSA) is 101 Å². The van der Waals surface area contributed by atoms with Crippen LogP contribution < -0.4 is 0 Å². The second-order valence-electron chi connectivity index (χ2n) is 8.06. The molecule has 0 saturated heterocycles. The van der Waals surface area contributed by atoms with Crippen LogP contribution >= 0.6 is 11.3 Å². The molecule has 1 N–H and O–H groups in total. The first kappa shape index (κ1) is 24.2. The number of ether oxygens (including phenoxy) is 1. The molecule has 3 aromatic heterocycles. The van der Waals surface area contributed by atoms with Gasteiger partial charge in [-0.05, 0) is 54.1 Å². The Morgan fingerprint density at radius 2 is 1.83 bits per heavy atom. The predicted molar refractivity (Wildman–Crippen MR) is 138 cm³/mol. The third-order valence-electron chi connectivity index (χ3n) is 5.81. The van der Waals surface area contributed by atoms with Crippen LogP contribution in [0.3, 0.4) is 0 Å². The molecule has 8 nitrogen and oxygen atoms in total. The number of methoxy groups -OCH3 is 1. The molecule has 11 heteroatoms. The minimum Gasteiger partial charge on any atom is -0.383 e. The van der Waals surface area contributed by atoms with Gasteiger partial charge in [-0.2, -0.15) is 9.40 Å². The molecule has 5 aromatic rings. The fraction of sp³-hybridized carbons (Fsp3) is 0.160. The van der Waals surface area contributed by atoms with E-state index in [1.165, 1.54) is 36.9 Å². The van der Waals surface area contributed by atoms with Crippen molar-refractivity contribution in [1.29, 1.82) is 0 Å². The zero-order chi connectivity index (χ0) is 25.3. The summed E-state index contributed by atoms with van der Waals surface area (Å²) in [6.45, 7) is 0.564. The molecule has 0 saturated carbocycles. The Morgan fingerprint density at radius 1 is 1.06 bits per heavy atom. The highest BCUT2D eigenvalue weighted by molar-refractivity contribution is 7.91. The van der Waals surface area contributed by atoms with E-state index in [0.717, 1.165) is 44.6 Å². The number of likely N-dealkylation sites (N-methyl/N-ethyl adjacent to an activating group) is 1. The fourth-order valence-corrected chi connectivity index (χ4v) is 6.52. The first-order chi connectivity index (χ1) is 17.4. The molecule has 0 bridgehead atoms. The largest absolute Gasteiger partial charge is 0.383 e. The number of sulfonamides is 1. The van der Waals surface area contributed by atoms with Gasteiger partial charge in [0.25, 0.3) is 10.0 Å². The maximum Gasteiger partial charge on any atom is 0.252 e. The van der Waals surface area contributed by atoms with Gasteiger partial charge >= 0.3 is 0 Å². The molecule has 5 rings (SSSR count). The van der Waals surface area contributed by atoms with Crippen LogP contribution in [0.25, 0.3) is 43.9 Å². The number of nitrogens with zero attached hydrogens (tertiary/aromatic N) is 4. The molecular weight excluding hydrogens is 501 g/mol. The Balaban J connectivity index is 1.55. The van der Waals surface area contributed by atoms with Crippen LogP contribution in [0.5, 0.6) is 0 Å². The third kappa shape index (κ3) is 4.53. The number of H-pyrrole nitrogens is 1. The van der Waals surface area contributed by atoms with Crippen LogP contribution in [-0.4, -0.2) is 60.2 Å². The number of benzene rings is 2. The summed E-state index contributed by atoms with van der Waals surface area (Å²) in [6, 6.07) is 15.3. The Kier molecular flexibility index (Phi) is 6.63. The number of thiophene rings is 1.